The van der Waals surface area contributed by atoms with E-state index in [0.29, 0.717) is 19.4 Å². The van der Waals surface area contributed by atoms with E-state index in [9.17, 15) is 14.7 Å². The number of carboxylic acid groups (broad SMARTS) is 1. The van der Waals surface area contributed by atoms with Crippen LogP contribution in [-0.2, 0) is 9.59 Å². The van der Waals surface area contributed by atoms with E-state index in [-0.39, 0.29) is 25.0 Å². The first kappa shape index (κ1) is 14.3. The molecule has 2 rings (SSSR count). The zero-order valence-electron chi connectivity index (χ0n) is 11.3. The molecule has 2 aliphatic rings. The fraction of sp³-hybridized carbons (Fsp3) is 0.857. The molecule has 2 fully saturated rings. The van der Waals surface area contributed by atoms with Gasteiger partial charge in [0.25, 0.3) is 0 Å². The van der Waals surface area contributed by atoms with Crippen molar-refractivity contribution in [3.63, 3.8) is 0 Å². The van der Waals surface area contributed by atoms with Gasteiger partial charge in [-0.2, -0.15) is 0 Å². The van der Waals surface area contributed by atoms with Gasteiger partial charge in [0.1, 0.15) is 0 Å². The van der Waals surface area contributed by atoms with Gasteiger partial charge >= 0.3 is 5.97 Å². The Morgan fingerprint density at radius 2 is 1.79 bits per heavy atom. The van der Waals surface area contributed by atoms with E-state index in [2.05, 4.69) is 0 Å². The van der Waals surface area contributed by atoms with Gasteiger partial charge in [-0.15, -0.1) is 0 Å². The molecule has 0 spiro atoms. The lowest BCUT2D eigenvalue weighted by Crippen LogP contribution is -2.42. The molecule has 1 amide bonds. The van der Waals surface area contributed by atoms with Crippen LogP contribution in [0.25, 0.3) is 0 Å². The molecule has 0 aliphatic heterocycles. The topological polar surface area (TPSA) is 77.8 Å². The molecule has 108 valence electrons. The summed E-state index contributed by atoms with van der Waals surface area (Å²) in [5.74, 6) is -0.929. The molecule has 0 heterocycles. The third-order valence-electron chi connectivity index (χ3n) is 4.40. The Kier molecular flexibility index (Phi) is 4.45. The molecule has 0 unspecified atom stereocenters. The number of aliphatic carboxylic acids is 1. The van der Waals surface area contributed by atoms with Crippen molar-refractivity contribution in [2.75, 3.05) is 13.2 Å². The van der Waals surface area contributed by atoms with Crippen molar-refractivity contribution in [1.82, 2.24) is 4.90 Å². The minimum atomic E-state index is -0.863. The van der Waals surface area contributed by atoms with E-state index in [0.717, 1.165) is 32.1 Å². The molecular formula is C14H23NO4. The molecular weight excluding hydrogens is 246 g/mol. The summed E-state index contributed by atoms with van der Waals surface area (Å²) in [6.07, 6.45) is 6.10. The lowest BCUT2D eigenvalue weighted by atomic mass is 9.71. The second-order valence-electron chi connectivity index (χ2n) is 5.86. The van der Waals surface area contributed by atoms with E-state index >= 15 is 0 Å². The number of carbonyl (C=O) groups is 2. The van der Waals surface area contributed by atoms with Crippen LogP contribution >= 0.6 is 0 Å². The first-order valence-electron chi connectivity index (χ1n) is 7.23. The van der Waals surface area contributed by atoms with Gasteiger partial charge in [-0.05, 0) is 25.7 Å². The molecule has 2 aliphatic carbocycles. The number of amides is 1. The largest absolute Gasteiger partial charge is 0.481 e. The number of aliphatic hydroxyl groups excluding tert-OH is 1. The summed E-state index contributed by atoms with van der Waals surface area (Å²) in [6, 6.07) is 0.231. The van der Waals surface area contributed by atoms with Gasteiger partial charge in [0.2, 0.25) is 5.91 Å². The van der Waals surface area contributed by atoms with E-state index in [1.165, 1.54) is 0 Å². The molecule has 2 saturated carbocycles. The van der Waals surface area contributed by atoms with E-state index in [4.69, 9.17) is 5.11 Å². The molecule has 0 atom stereocenters. The van der Waals surface area contributed by atoms with Crippen molar-refractivity contribution in [1.29, 1.82) is 0 Å². The summed E-state index contributed by atoms with van der Waals surface area (Å²) in [5.41, 5.74) is -0.863. The molecule has 19 heavy (non-hydrogen) atoms. The summed E-state index contributed by atoms with van der Waals surface area (Å²) in [7, 11) is 0. The van der Waals surface area contributed by atoms with Crippen LogP contribution in [-0.4, -0.2) is 46.2 Å². The first-order valence-corrected chi connectivity index (χ1v) is 7.23. The molecule has 0 bridgehead atoms. The van der Waals surface area contributed by atoms with Crippen molar-refractivity contribution in [3.8, 4) is 0 Å². The molecule has 0 aromatic heterocycles. The average Bonchev–Trinajstić information content (AvgIpc) is 3.21. The van der Waals surface area contributed by atoms with Gasteiger partial charge < -0.3 is 15.1 Å². The van der Waals surface area contributed by atoms with Gasteiger partial charge in [0.05, 0.1) is 12.0 Å². The standard InChI is InChI=1S/C14H23NO4/c16-9-8-15(11-4-5-11)12(17)10-14(13(18)19)6-2-1-3-7-14/h11,16H,1-10H2,(H,18,19). The van der Waals surface area contributed by atoms with Crippen LogP contribution in [0.15, 0.2) is 0 Å². The minimum Gasteiger partial charge on any atom is -0.481 e. The highest BCUT2D eigenvalue weighted by atomic mass is 16.4. The van der Waals surface area contributed by atoms with E-state index < -0.39 is 11.4 Å². The van der Waals surface area contributed by atoms with Gasteiger partial charge in [-0.1, -0.05) is 19.3 Å². The van der Waals surface area contributed by atoms with Crippen LogP contribution in [0.2, 0.25) is 0 Å². The predicted octanol–water partition coefficient (Wildman–Crippen LogP) is 1.39. The number of carbonyl (C=O) groups excluding carboxylic acids is 1. The fourth-order valence-corrected chi connectivity index (χ4v) is 3.09. The molecule has 0 aromatic rings. The Bertz CT molecular complexity index is 345. The van der Waals surface area contributed by atoms with Crippen molar-refractivity contribution < 1.29 is 19.8 Å². The molecule has 5 heteroatoms. The Hall–Kier alpha value is -1.10. The maximum absolute atomic E-state index is 12.3. The number of hydrogen-bond donors (Lipinski definition) is 2. The maximum Gasteiger partial charge on any atom is 0.310 e. The number of carboxylic acids is 1. The highest BCUT2D eigenvalue weighted by Crippen LogP contribution is 2.41. The minimum absolute atomic E-state index is 0.0533. The fourth-order valence-electron chi connectivity index (χ4n) is 3.09. The smallest absolute Gasteiger partial charge is 0.310 e. The number of rotatable bonds is 6. The number of hydrogen-bond acceptors (Lipinski definition) is 3. The number of aliphatic hydroxyl groups is 1. The Morgan fingerprint density at radius 1 is 1.16 bits per heavy atom. The summed E-state index contributed by atoms with van der Waals surface area (Å²) in [6.45, 7) is 0.279. The van der Waals surface area contributed by atoms with Gasteiger partial charge in [0, 0.05) is 19.0 Å². The van der Waals surface area contributed by atoms with Gasteiger partial charge in [0.15, 0.2) is 0 Å². The number of nitrogens with zero attached hydrogens (tertiary/aromatic N) is 1. The van der Waals surface area contributed by atoms with Gasteiger partial charge in [-0.25, -0.2) is 0 Å². The first-order chi connectivity index (χ1) is 9.09. The average molecular weight is 269 g/mol. The zero-order valence-corrected chi connectivity index (χ0v) is 11.3. The highest BCUT2D eigenvalue weighted by Gasteiger charge is 2.43. The summed E-state index contributed by atoms with van der Waals surface area (Å²) < 4.78 is 0. The molecule has 5 nitrogen and oxygen atoms in total. The van der Waals surface area contributed by atoms with Crippen LogP contribution in [0.5, 0.6) is 0 Å². The van der Waals surface area contributed by atoms with Crippen molar-refractivity contribution >= 4 is 11.9 Å². The summed E-state index contributed by atoms with van der Waals surface area (Å²) in [4.78, 5) is 25.6. The highest BCUT2D eigenvalue weighted by molar-refractivity contribution is 5.85. The van der Waals surface area contributed by atoms with Crippen molar-refractivity contribution in [2.24, 2.45) is 5.41 Å². The van der Waals surface area contributed by atoms with Crippen LogP contribution < -0.4 is 0 Å². The third kappa shape index (κ3) is 3.26. The Balaban J connectivity index is 2.03. The van der Waals surface area contributed by atoms with Crippen molar-refractivity contribution in [2.45, 2.75) is 57.4 Å². The zero-order chi connectivity index (χ0) is 13.9. The monoisotopic (exact) mass is 269 g/mol. The molecule has 2 N–H and O–H groups in total. The van der Waals surface area contributed by atoms with Crippen LogP contribution in [0.3, 0.4) is 0 Å². The maximum atomic E-state index is 12.3. The summed E-state index contributed by atoms with van der Waals surface area (Å²) in [5, 5.41) is 18.5. The van der Waals surface area contributed by atoms with Crippen LogP contribution in [0.1, 0.15) is 51.4 Å². The SMILES string of the molecule is O=C(CC1(C(=O)O)CCCCC1)N(CCO)C1CC1. The third-order valence-corrected chi connectivity index (χ3v) is 4.40. The Labute approximate surface area is 113 Å². The molecule has 0 saturated heterocycles. The van der Waals surface area contributed by atoms with Crippen molar-refractivity contribution in [3.05, 3.63) is 0 Å². The lowest BCUT2D eigenvalue weighted by Gasteiger charge is -2.34. The van der Waals surface area contributed by atoms with Crippen LogP contribution in [0, 0.1) is 5.41 Å². The Morgan fingerprint density at radius 3 is 2.26 bits per heavy atom. The normalized spacial score (nSPS) is 21.9. The molecule has 0 radical (unpaired) electrons. The second-order valence-corrected chi connectivity index (χ2v) is 5.86. The van der Waals surface area contributed by atoms with E-state index in [1.807, 2.05) is 0 Å². The quantitative estimate of drug-likeness (QED) is 0.764. The van der Waals surface area contributed by atoms with E-state index in [1.54, 1.807) is 4.90 Å². The summed E-state index contributed by atoms with van der Waals surface area (Å²) >= 11 is 0. The second kappa shape index (κ2) is 5.90. The lowest BCUT2D eigenvalue weighted by molar-refractivity contribution is -0.156. The molecule has 0 aromatic carbocycles. The van der Waals surface area contributed by atoms with Gasteiger partial charge in [-0.3, -0.25) is 9.59 Å². The van der Waals surface area contributed by atoms with Crippen LogP contribution in [0.4, 0.5) is 0 Å². The predicted molar refractivity (Wildman–Crippen MR) is 69.6 cm³/mol.